The van der Waals surface area contributed by atoms with Crippen LogP contribution in [0.5, 0.6) is 5.75 Å². The van der Waals surface area contributed by atoms with E-state index in [1.165, 1.54) is 4.90 Å². The number of aryl methyl sites for hydroxylation is 2. The molecule has 9 nitrogen and oxygen atoms in total. The van der Waals surface area contributed by atoms with Crippen molar-refractivity contribution in [3.8, 4) is 5.75 Å². The van der Waals surface area contributed by atoms with Crippen LogP contribution in [0.1, 0.15) is 39.8 Å². The highest BCUT2D eigenvalue weighted by Gasteiger charge is 2.41. The minimum atomic E-state index is -0.768. The Morgan fingerprint density at radius 1 is 1.30 bits per heavy atom. The van der Waals surface area contributed by atoms with Gasteiger partial charge in [-0.3, -0.25) is 14.6 Å². The van der Waals surface area contributed by atoms with Gasteiger partial charge in [-0.2, -0.15) is 0 Å². The van der Waals surface area contributed by atoms with E-state index in [1.54, 1.807) is 36.7 Å². The van der Waals surface area contributed by atoms with Gasteiger partial charge in [0.2, 0.25) is 5.91 Å². The van der Waals surface area contributed by atoms with E-state index in [-0.39, 0.29) is 18.4 Å². The smallest absolute Gasteiger partial charge is 0.290 e. The third-order valence-electron chi connectivity index (χ3n) is 5.19. The quantitative estimate of drug-likeness (QED) is 0.659. The summed E-state index contributed by atoms with van der Waals surface area (Å²) in [5.74, 6) is 1.04. The summed E-state index contributed by atoms with van der Waals surface area (Å²) in [4.78, 5) is 30.4. The second-order valence-electron chi connectivity index (χ2n) is 7.29. The Morgan fingerprint density at radius 2 is 2.13 bits per heavy atom. The molecule has 1 aliphatic rings. The van der Waals surface area contributed by atoms with Crippen molar-refractivity contribution < 1.29 is 23.3 Å². The van der Waals surface area contributed by atoms with Crippen LogP contribution < -0.4 is 10.5 Å². The van der Waals surface area contributed by atoms with Crippen LogP contribution in [-0.4, -0.2) is 45.5 Å². The predicted octanol–water partition coefficient (Wildman–Crippen LogP) is 2.02. The molecule has 1 aliphatic heterocycles. The second-order valence-corrected chi connectivity index (χ2v) is 7.29. The van der Waals surface area contributed by atoms with E-state index in [0.29, 0.717) is 30.1 Å². The van der Waals surface area contributed by atoms with Crippen molar-refractivity contribution in [2.75, 3.05) is 6.54 Å². The van der Waals surface area contributed by atoms with Crippen LogP contribution in [0, 0.1) is 13.8 Å². The number of amides is 2. The van der Waals surface area contributed by atoms with Crippen LogP contribution >= 0.6 is 0 Å². The van der Waals surface area contributed by atoms with Crippen molar-refractivity contribution in [1.29, 1.82) is 0 Å². The molecule has 1 saturated heterocycles. The van der Waals surface area contributed by atoms with Crippen LogP contribution in [0.2, 0.25) is 0 Å². The van der Waals surface area contributed by atoms with Crippen LogP contribution in [0.15, 0.2) is 45.6 Å². The number of hydrogen-bond donors (Lipinski definition) is 1. The molecule has 4 rings (SSSR count). The molecule has 2 N–H and O–H groups in total. The highest BCUT2D eigenvalue weighted by atomic mass is 16.5. The van der Waals surface area contributed by atoms with E-state index in [0.717, 1.165) is 11.3 Å². The number of primary amides is 1. The Balaban J connectivity index is 1.49. The molecular formula is C21H22N4O5. The maximum atomic E-state index is 13.0. The van der Waals surface area contributed by atoms with Crippen molar-refractivity contribution in [3.63, 3.8) is 0 Å². The summed E-state index contributed by atoms with van der Waals surface area (Å²) in [6.07, 6.45) is 3.62. The Kier molecular flexibility index (Phi) is 5.26. The van der Waals surface area contributed by atoms with Crippen molar-refractivity contribution in [3.05, 3.63) is 65.2 Å². The third-order valence-corrected chi connectivity index (χ3v) is 5.19. The molecule has 0 unspecified atom stereocenters. The molecule has 0 bridgehead atoms. The molecule has 156 valence electrons. The summed E-state index contributed by atoms with van der Waals surface area (Å²) in [6.45, 7) is 3.90. The van der Waals surface area contributed by atoms with Gasteiger partial charge < -0.3 is 24.3 Å². The standard InChI is InChI=1S/C21H22N4O5/c1-12-17(13(2)30-24-12)8-14-5-6-19(29-14)21(27)25-11-16(9-18(25)20(22)26)28-15-4-3-7-23-10-15/h3-7,10,16,18H,8-9,11H2,1-2H3,(H2,22,26)/t16-,18-/m0/s1. The maximum absolute atomic E-state index is 13.0. The first-order valence-corrected chi connectivity index (χ1v) is 9.59. The number of likely N-dealkylation sites (tertiary alicyclic amines) is 1. The van der Waals surface area contributed by atoms with Gasteiger partial charge in [0, 0.05) is 24.6 Å². The van der Waals surface area contributed by atoms with E-state index in [1.807, 2.05) is 13.8 Å². The predicted molar refractivity (Wildman–Crippen MR) is 105 cm³/mol. The van der Waals surface area contributed by atoms with Gasteiger partial charge in [0.05, 0.1) is 18.4 Å². The Bertz CT molecular complexity index is 1040. The van der Waals surface area contributed by atoms with Gasteiger partial charge in [-0.15, -0.1) is 0 Å². The monoisotopic (exact) mass is 410 g/mol. The number of carbonyl (C=O) groups is 2. The number of hydrogen-bond acceptors (Lipinski definition) is 7. The van der Waals surface area contributed by atoms with E-state index in [2.05, 4.69) is 10.1 Å². The molecule has 3 aromatic rings. The Hall–Kier alpha value is -3.62. The topological polar surface area (TPSA) is 125 Å². The van der Waals surface area contributed by atoms with Crippen LogP contribution in [-0.2, 0) is 11.2 Å². The lowest BCUT2D eigenvalue weighted by Gasteiger charge is -2.20. The van der Waals surface area contributed by atoms with Crippen LogP contribution in [0.3, 0.4) is 0 Å². The number of aromatic nitrogens is 2. The lowest BCUT2D eigenvalue weighted by atomic mass is 10.1. The normalized spacial score (nSPS) is 18.5. The van der Waals surface area contributed by atoms with Crippen LogP contribution in [0.25, 0.3) is 0 Å². The molecule has 0 aromatic carbocycles. The van der Waals surface area contributed by atoms with E-state index < -0.39 is 17.9 Å². The first-order chi connectivity index (χ1) is 14.4. The largest absolute Gasteiger partial charge is 0.487 e. The SMILES string of the molecule is Cc1noc(C)c1Cc1ccc(C(=O)N2C[C@@H](Oc3cccnc3)C[C@H]2C(N)=O)o1. The van der Waals surface area contributed by atoms with Crippen molar-refractivity contribution in [2.45, 2.75) is 38.8 Å². The highest BCUT2D eigenvalue weighted by molar-refractivity contribution is 5.95. The first-order valence-electron chi connectivity index (χ1n) is 9.59. The van der Waals surface area contributed by atoms with E-state index in [9.17, 15) is 9.59 Å². The Morgan fingerprint density at radius 3 is 2.80 bits per heavy atom. The zero-order valence-electron chi connectivity index (χ0n) is 16.7. The summed E-state index contributed by atoms with van der Waals surface area (Å²) in [5, 5.41) is 3.93. The Labute approximate surface area is 172 Å². The molecule has 0 aliphatic carbocycles. The summed E-state index contributed by atoms with van der Waals surface area (Å²) in [6, 6.07) is 6.09. The zero-order chi connectivity index (χ0) is 21.3. The van der Waals surface area contributed by atoms with Crippen molar-refractivity contribution >= 4 is 11.8 Å². The zero-order valence-corrected chi connectivity index (χ0v) is 16.7. The molecule has 2 amide bonds. The molecule has 1 fully saturated rings. The highest BCUT2D eigenvalue weighted by Crippen LogP contribution is 2.26. The third kappa shape index (κ3) is 3.91. The molecule has 9 heteroatoms. The number of nitrogens with two attached hydrogens (primary N) is 1. The summed E-state index contributed by atoms with van der Waals surface area (Å²) in [5.41, 5.74) is 7.24. The van der Waals surface area contributed by atoms with Gasteiger partial charge in [0.15, 0.2) is 5.76 Å². The number of carbonyl (C=O) groups excluding carboxylic acids is 2. The minimum Gasteiger partial charge on any atom is -0.487 e. The minimum absolute atomic E-state index is 0.144. The molecule has 4 heterocycles. The summed E-state index contributed by atoms with van der Waals surface area (Å²) >= 11 is 0. The summed E-state index contributed by atoms with van der Waals surface area (Å²) < 4.78 is 16.8. The number of ether oxygens (including phenoxy) is 1. The molecule has 2 atom stereocenters. The van der Waals surface area contributed by atoms with E-state index in [4.69, 9.17) is 19.4 Å². The van der Waals surface area contributed by atoms with Gasteiger partial charge in [-0.05, 0) is 38.1 Å². The summed E-state index contributed by atoms with van der Waals surface area (Å²) in [7, 11) is 0. The first kappa shape index (κ1) is 19.7. The van der Waals surface area contributed by atoms with Gasteiger partial charge in [0.25, 0.3) is 5.91 Å². The fraction of sp³-hybridized carbons (Fsp3) is 0.333. The lowest BCUT2D eigenvalue weighted by Crippen LogP contribution is -2.43. The van der Waals surface area contributed by atoms with Crippen molar-refractivity contribution in [2.24, 2.45) is 5.73 Å². The van der Waals surface area contributed by atoms with E-state index >= 15 is 0 Å². The van der Waals surface area contributed by atoms with Gasteiger partial charge in [-0.25, -0.2) is 0 Å². The number of rotatable bonds is 6. The van der Waals surface area contributed by atoms with Crippen molar-refractivity contribution in [1.82, 2.24) is 15.0 Å². The van der Waals surface area contributed by atoms with Gasteiger partial charge >= 0.3 is 0 Å². The fourth-order valence-electron chi connectivity index (χ4n) is 3.64. The number of pyridine rings is 1. The van der Waals surface area contributed by atoms with Gasteiger partial charge in [-0.1, -0.05) is 5.16 Å². The fourth-order valence-corrected chi connectivity index (χ4v) is 3.64. The van der Waals surface area contributed by atoms with Crippen LogP contribution in [0.4, 0.5) is 0 Å². The van der Waals surface area contributed by atoms with Gasteiger partial charge in [0.1, 0.15) is 29.4 Å². The molecule has 0 radical (unpaired) electrons. The molecule has 0 spiro atoms. The molecule has 0 saturated carbocycles. The molecule has 30 heavy (non-hydrogen) atoms. The second kappa shape index (κ2) is 8.02. The average molecular weight is 410 g/mol. The maximum Gasteiger partial charge on any atom is 0.290 e. The molecular weight excluding hydrogens is 388 g/mol. The average Bonchev–Trinajstić information content (AvgIpc) is 3.44. The lowest BCUT2D eigenvalue weighted by molar-refractivity contribution is -0.121. The number of nitrogens with zero attached hydrogens (tertiary/aromatic N) is 3. The molecule has 3 aromatic heterocycles. The number of furan rings is 1.